The van der Waals surface area contributed by atoms with E-state index in [1.807, 2.05) is 30.3 Å². The number of aromatic nitrogens is 3. The molecule has 8 nitrogen and oxygen atoms in total. The lowest BCUT2D eigenvalue weighted by atomic mass is 10.1. The molecular weight excluding hydrogens is 412 g/mol. The quantitative estimate of drug-likeness (QED) is 0.446. The number of piperazine rings is 3. The van der Waals surface area contributed by atoms with Crippen molar-refractivity contribution < 1.29 is 4.48 Å². The molecule has 0 saturated carbocycles. The van der Waals surface area contributed by atoms with Crippen LogP contribution in [-0.4, -0.2) is 83.7 Å². The van der Waals surface area contributed by atoms with Gasteiger partial charge in [-0.3, -0.25) is 10.00 Å². The van der Waals surface area contributed by atoms with E-state index in [1.165, 1.54) is 50.3 Å². The van der Waals surface area contributed by atoms with E-state index in [1.54, 1.807) is 0 Å². The number of quaternary nitrogens is 1. The first-order valence-corrected chi connectivity index (χ1v) is 11.4. The number of benzene rings is 2. The minimum atomic E-state index is 0.614. The SMILES string of the molecule is CCN(CC[N+]12CCN(CC1)CC2)c1ccc(/N=N/c2ccc3nn[nH]c3c2)c(Cl)c1. The van der Waals surface area contributed by atoms with E-state index in [-0.39, 0.29) is 0 Å². The Hall–Kier alpha value is -2.55. The molecule has 3 aliphatic heterocycles. The van der Waals surface area contributed by atoms with Crippen molar-refractivity contribution in [3.63, 3.8) is 0 Å². The van der Waals surface area contributed by atoms with E-state index in [0.29, 0.717) is 10.7 Å². The Morgan fingerprint density at radius 1 is 1.10 bits per heavy atom. The molecule has 2 bridgehead atoms. The Balaban J connectivity index is 1.27. The molecule has 31 heavy (non-hydrogen) atoms. The number of anilines is 1. The highest BCUT2D eigenvalue weighted by molar-refractivity contribution is 6.33. The number of hydrogen-bond acceptors (Lipinski definition) is 6. The smallest absolute Gasteiger partial charge is 0.113 e. The fourth-order valence-corrected chi connectivity index (χ4v) is 4.86. The minimum absolute atomic E-state index is 0.614. The zero-order chi connectivity index (χ0) is 21.3. The van der Waals surface area contributed by atoms with Crippen molar-refractivity contribution in [1.29, 1.82) is 0 Å². The standard InChI is InChI=1S/C22H28ClN8/c1-2-30(10-14-31-11-7-29(8-12-31)9-13-31)18-4-6-20(19(23)16-18)25-24-17-3-5-21-22(15-17)27-28-26-21/h3-6,15-16H,2,7-14H2,1H3,(H,26,27,28)/q+1/b25-24+. The Bertz CT molecular complexity index is 1070. The second-order valence-electron chi connectivity index (χ2n) is 8.51. The lowest BCUT2D eigenvalue weighted by Gasteiger charge is -2.51. The maximum atomic E-state index is 6.57. The molecule has 162 valence electrons. The molecule has 1 aromatic heterocycles. The molecule has 3 aromatic rings. The molecule has 3 fully saturated rings. The first kappa shape index (κ1) is 20.4. The third-order valence-corrected chi connectivity index (χ3v) is 7.08. The van der Waals surface area contributed by atoms with Gasteiger partial charge in [0, 0.05) is 31.9 Å². The van der Waals surface area contributed by atoms with Crippen LogP contribution in [0.4, 0.5) is 17.1 Å². The summed E-state index contributed by atoms with van der Waals surface area (Å²) in [7, 11) is 0. The van der Waals surface area contributed by atoms with Gasteiger partial charge < -0.3 is 9.38 Å². The van der Waals surface area contributed by atoms with E-state index in [4.69, 9.17) is 11.6 Å². The molecule has 6 rings (SSSR count). The molecule has 3 saturated heterocycles. The lowest BCUT2D eigenvalue weighted by Crippen LogP contribution is -2.68. The van der Waals surface area contributed by atoms with E-state index in [2.05, 4.69) is 48.4 Å². The third-order valence-electron chi connectivity index (χ3n) is 6.78. The van der Waals surface area contributed by atoms with E-state index in [9.17, 15) is 0 Å². The molecule has 0 spiro atoms. The molecule has 1 N–H and O–H groups in total. The lowest BCUT2D eigenvalue weighted by molar-refractivity contribution is -0.939. The molecule has 0 radical (unpaired) electrons. The van der Waals surface area contributed by atoms with Crippen molar-refractivity contribution in [2.45, 2.75) is 6.92 Å². The van der Waals surface area contributed by atoms with Gasteiger partial charge in [-0.1, -0.05) is 16.8 Å². The fourth-order valence-electron chi connectivity index (χ4n) is 4.65. The summed E-state index contributed by atoms with van der Waals surface area (Å²) in [5.41, 5.74) is 4.17. The van der Waals surface area contributed by atoms with Crippen LogP contribution in [0.1, 0.15) is 6.92 Å². The number of aromatic amines is 1. The molecule has 4 heterocycles. The van der Waals surface area contributed by atoms with Gasteiger partial charge in [0.2, 0.25) is 0 Å². The van der Waals surface area contributed by atoms with Gasteiger partial charge in [0.05, 0.1) is 49.0 Å². The van der Waals surface area contributed by atoms with Gasteiger partial charge in [0.1, 0.15) is 11.2 Å². The Morgan fingerprint density at radius 3 is 2.65 bits per heavy atom. The second kappa shape index (κ2) is 8.53. The van der Waals surface area contributed by atoms with Crippen LogP contribution in [0.5, 0.6) is 0 Å². The van der Waals surface area contributed by atoms with Gasteiger partial charge in [-0.15, -0.1) is 10.2 Å². The van der Waals surface area contributed by atoms with Crippen LogP contribution in [-0.2, 0) is 0 Å². The molecule has 3 aliphatic rings. The Labute approximate surface area is 187 Å². The summed E-state index contributed by atoms with van der Waals surface area (Å²) in [6.45, 7) is 13.0. The zero-order valence-electron chi connectivity index (χ0n) is 17.8. The zero-order valence-corrected chi connectivity index (χ0v) is 18.6. The van der Waals surface area contributed by atoms with Gasteiger partial charge in [0.15, 0.2) is 0 Å². The Morgan fingerprint density at radius 2 is 1.90 bits per heavy atom. The highest BCUT2D eigenvalue weighted by Crippen LogP contribution is 2.31. The topological polar surface area (TPSA) is 72.8 Å². The number of likely N-dealkylation sites (N-methyl/N-ethyl adjacent to an activating group) is 1. The number of azo groups is 1. The van der Waals surface area contributed by atoms with Gasteiger partial charge in [-0.25, -0.2) is 0 Å². The van der Waals surface area contributed by atoms with Crippen LogP contribution in [0, 0.1) is 0 Å². The summed E-state index contributed by atoms with van der Waals surface area (Å²) in [6.07, 6.45) is 0. The summed E-state index contributed by atoms with van der Waals surface area (Å²) in [5, 5.41) is 19.9. The van der Waals surface area contributed by atoms with Gasteiger partial charge in [-0.05, 0) is 43.3 Å². The van der Waals surface area contributed by atoms with Crippen molar-refractivity contribution in [3.8, 4) is 0 Å². The van der Waals surface area contributed by atoms with Crippen molar-refractivity contribution in [3.05, 3.63) is 41.4 Å². The van der Waals surface area contributed by atoms with E-state index in [0.717, 1.165) is 35.5 Å². The number of nitrogens with zero attached hydrogens (tertiary/aromatic N) is 7. The number of fused-ring (bicyclic) bond motifs is 4. The number of rotatable bonds is 7. The van der Waals surface area contributed by atoms with E-state index >= 15 is 0 Å². The van der Waals surface area contributed by atoms with Crippen molar-refractivity contribution in [2.24, 2.45) is 10.2 Å². The third kappa shape index (κ3) is 4.28. The van der Waals surface area contributed by atoms with Crippen LogP contribution in [0.3, 0.4) is 0 Å². The van der Waals surface area contributed by atoms with Crippen LogP contribution in [0.15, 0.2) is 46.6 Å². The largest absolute Gasteiger partial charge is 0.366 e. The number of hydrogen-bond donors (Lipinski definition) is 1. The summed E-state index contributed by atoms with van der Waals surface area (Å²) < 4.78 is 1.27. The monoisotopic (exact) mass is 439 g/mol. The second-order valence-corrected chi connectivity index (χ2v) is 8.91. The molecule has 9 heteroatoms. The molecule has 0 atom stereocenters. The van der Waals surface area contributed by atoms with Gasteiger partial charge >= 0.3 is 0 Å². The molecule has 2 aromatic carbocycles. The summed E-state index contributed by atoms with van der Waals surface area (Å²) >= 11 is 6.57. The van der Waals surface area contributed by atoms with Crippen molar-refractivity contribution >= 4 is 39.7 Å². The summed E-state index contributed by atoms with van der Waals surface area (Å²) in [6, 6.07) is 11.7. The van der Waals surface area contributed by atoms with Crippen molar-refractivity contribution in [1.82, 2.24) is 20.3 Å². The summed E-state index contributed by atoms with van der Waals surface area (Å²) in [5.74, 6) is 0. The van der Waals surface area contributed by atoms with Gasteiger partial charge in [-0.2, -0.15) is 5.11 Å². The molecule has 0 amide bonds. The average molecular weight is 440 g/mol. The highest BCUT2D eigenvalue weighted by atomic mass is 35.5. The first-order chi connectivity index (χ1) is 15.1. The summed E-state index contributed by atoms with van der Waals surface area (Å²) in [4.78, 5) is 5.01. The average Bonchev–Trinajstić information content (AvgIpc) is 3.28. The predicted octanol–water partition coefficient (Wildman–Crippen LogP) is 4.00. The number of nitrogens with one attached hydrogen (secondary N) is 1. The highest BCUT2D eigenvalue weighted by Gasteiger charge is 2.38. The van der Waals surface area contributed by atoms with Crippen molar-refractivity contribution in [2.75, 3.05) is 63.8 Å². The fraction of sp³-hybridized carbons (Fsp3) is 0.455. The maximum Gasteiger partial charge on any atom is 0.113 e. The van der Waals surface area contributed by atoms with E-state index < -0.39 is 0 Å². The van der Waals surface area contributed by atoms with Gasteiger partial charge in [0.25, 0.3) is 0 Å². The number of halogens is 1. The molecule has 0 aliphatic carbocycles. The first-order valence-electron chi connectivity index (χ1n) is 11.0. The minimum Gasteiger partial charge on any atom is -0.366 e. The Kier molecular flexibility index (Phi) is 5.60. The normalized spacial score (nSPS) is 23.1. The van der Waals surface area contributed by atoms with Crippen LogP contribution in [0.25, 0.3) is 11.0 Å². The van der Waals surface area contributed by atoms with Crippen LogP contribution < -0.4 is 4.90 Å². The van der Waals surface area contributed by atoms with Crippen LogP contribution >= 0.6 is 11.6 Å². The molecule has 0 unspecified atom stereocenters. The maximum absolute atomic E-state index is 6.57. The van der Waals surface area contributed by atoms with Crippen LogP contribution in [0.2, 0.25) is 5.02 Å². The predicted molar refractivity (Wildman–Crippen MR) is 124 cm³/mol. The number of H-pyrrole nitrogens is 1. The molecular formula is C22H28ClN8+.